The Kier molecular flexibility index (Phi) is 7.16. The largest absolute Gasteiger partial charge is 0.417 e. The van der Waals surface area contributed by atoms with Gasteiger partial charge >= 0.3 is 0 Å². The van der Waals surface area contributed by atoms with Crippen LogP contribution >= 0.6 is 0 Å². The molecule has 4 nitrogen and oxygen atoms in total. The van der Waals surface area contributed by atoms with Crippen LogP contribution in [0.3, 0.4) is 0 Å². The van der Waals surface area contributed by atoms with Crippen LogP contribution < -0.4 is 0 Å². The van der Waals surface area contributed by atoms with Crippen LogP contribution in [0.1, 0.15) is 72.6 Å². The molecule has 2 fully saturated rings. The number of aliphatic hydroxyl groups is 1. The lowest BCUT2D eigenvalue weighted by molar-refractivity contribution is -0.196. The third-order valence-corrected chi connectivity index (χ3v) is 11.0. The zero-order valence-electron chi connectivity index (χ0n) is 17.3. The molecule has 1 heterocycles. The average molecular weight is 373 g/mol. The summed E-state index contributed by atoms with van der Waals surface area (Å²) in [4.78, 5) is 0. The summed E-state index contributed by atoms with van der Waals surface area (Å²) in [7, 11) is -1.67. The van der Waals surface area contributed by atoms with Gasteiger partial charge in [0.1, 0.15) is 6.10 Å². The van der Waals surface area contributed by atoms with E-state index in [1.54, 1.807) is 0 Å². The molecule has 2 rings (SSSR count). The SMILES string of the molecule is C[C@@H](CCO[Si](C)(C)C(C)(C)C)C[C@@H](O)[C@H]1COC2(CCCCC2)O1. The van der Waals surface area contributed by atoms with Crippen LogP contribution in [0.5, 0.6) is 0 Å². The van der Waals surface area contributed by atoms with Crippen LogP contribution in [-0.4, -0.2) is 44.6 Å². The van der Waals surface area contributed by atoms with Gasteiger partial charge in [0.05, 0.1) is 12.7 Å². The zero-order chi connectivity index (χ0) is 18.7. The topological polar surface area (TPSA) is 47.9 Å². The molecule has 1 saturated heterocycles. The van der Waals surface area contributed by atoms with Gasteiger partial charge in [-0.2, -0.15) is 0 Å². The first-order valence-electron chi connectivity index (χ1n) is 10.2. The van der Waals surface area contributed by atoms with Crippen molar-refractivity contribution in [3.63, 3.8) is 0 Å². The first kappa shape index (κ1) is 21.4. The van der Waals surface area contributed by atoms with Gasteiger partial charge in [-0.1, -0.05) is 34.1 Å². The molecule has 1 aliphatic carbocycles. The summed E-state index contributed by atoms with van der Waals surface area (Å²) in [6, 6.07) is 0. The summed E-state index contributed by atoms with van der Waals surface area (Å²) in [6.07, 6.45) is 6.71. The fraction of sp³-hybridized carbons (Fsp3) is 1.00. The number of hydrogen-bond acceptors (Lipinski definition) is 4. The second-order valence-electron chi connectivity index (χ2n) is 9.74. The lowest BCUT2D eigenvalue weighted by Gasteiger charge is -2.36. The number of aliphatic hydroxyl groups excluding tert-OH is 1. The van der Waals surface area contributed by atoms with Gasteiger partial charge in [-0.05, 0) is 49.7 Å². The van der Waals surface area contributed by atoms with Crippen molar-refractivity contribution in [2.24, 2.45) is 5.92 Å². The highest BCUT2D eigenvalue weighted by atomic mass is 28.4. The highest BCUT2D eigenvalue weighted by Crippen LogP contribution is 2.39. The van der Waals surface area contributed by atoms with E-state index in [0.717, 1.165) is 32.3 Å². The van der Waals surface area contributed by atoms with Gasteiger partial charge in [0.25, 0.3) is 0 Å². The summed E-state index contributed by atoms with van der Waals surface area (Å²) in [5, 5.41) is 10.8. The van der Waals surface area contributed by atoms with Gasteiger partial charge in [0, 0.05) is 19.4 Å². The number of rotatable bonds is 7. The van der Waals surface area contributed by atoms with Crippen molar-refractivity contribution in [2.75, 3.05) is 13.2 Å². The Balaban J connectivity index is 1.71. The van der Waals surface area contributed by atoms with Gasteiger partial charge in [-0.15, -0.1) is 0 Å². The van der Waals surface area contributed by atoms with Crippen LogP contribution in [0.25, 0.3) is 0 Å². The van der Waals surface area contributed by atoms with Gasteiger partial charge in [0.15, 0.2) is 14.1 Å². The number of ether oxygens (including phenoxy) is 2. The van der Waals surface area contributed by atoms with Crippen molar-refractivity contribution in [1.82, 2.24) is 0 Å². The predicted octanol–water partition coefficient (Wildman–Crippen LogP) is 4.86. The Bertz CT molecular complexity index is 412. The molecule has 0 unspecified atom stereocenters. The minimum absolute atomic E-state index is 0.165. The molecule has 1 aliphatic heterocycles. The normalized spacial score (nSPS) is 26.8. The molecule has 5 heteroatoms. The van der Waals surface area contributed by atoms with Crippen molar-refractivity contribution >= 4 is 8.32 Å². The second-order valence-corrected chi connectivity index (χ2v) is 14.6. The van der Waals surface area contributed by atoms with E-state index in [0.29, 0.717) is 12.5 Å². The second kappa shape index (κ2) is 8.38. The van der Waals surface area contributed by atoms with Gasteiger partial charge in [-0.25, -0.2) is 0 Å². The average Bonchev–Trinajstić information content (AvgIpc) is 2.90. The van der Waals surface area contributed by atoms with Crippen molar-refractivity contribution in [3.05, 3.63) is 0 Å². The van der Waals surface area contributed by atoms with Crippen molar-refractivity contribution < 1.29 is 19.0 Å². The van der Waals surface area contributed by atoms with E-state index in [2.05, 4.69) is 40.8 Å². The van der Waals surface area contributed by atoms with E-state index in [1.165, 1.54) is 19.3 Å². The molecule has 0 amide bonds. The number of hydrogen-bond donors (Lipinski definition) is 1. The Hall–Kier alpha value is 0.0569. The monoisotopic (exact) mass is 372 g/mol. The molecule has 3 atom stereocenters. The third-order valence-electron chi connectivity index (χ3n) is 6.44. The lowest BCUT2D eigenvalue weighted by atomic mass is 9.94. The molecule has 0 aromatic carbocycles. The Morgan fingerprint density at radius 1 is 1.20 bits per heavy atom. The Morgan fingerprint density at radius 3 is 2.44 bits per heavy atom. The third kappa shape index (κ3) is 5.77. The molecule has 1 spiro atoms. The molecule has 1 N–H and O–H groups in total. The molecule has 2 aliphatic rings. The van der Waals surface area contributed by atoms with E-state index < -0.39 is 20.2 Å². The quantitative estimate of drug-likeness (QED) is 0.648. The molecule has 0 radical (unpaired) electrons. The molecule has 0 aromatic heterocycles. The lowest BCUT2D eigenvalue weighted by Crippen LogP contribution is -2.41. The molecule has 0 aromatic rings. The molecule has 1 saturated carbocycles. The predicted molar refractivity (Wildman–Crippen MR) is 104 cm³/mol. The molecular weight excluding hydrogens is 332 g/mol. The van der Waals surface area contributed by atoms with E-state index in [4.69, 9.17) is 13.9 Å². The van der Waals surface area contributed by atoms with Crippen molar-refractivity contribution in [2.45, 2.75) is 109 Å². The van der Waals surface area contributed by atoms with Crippen LogP contribution in [0.15, 0.2) is 0 Å². The smallest absolute Gasteiger partial charge is 0.191 e. The van der Waals surface area contributed by atoms with Gasteiger partial charge < -0.3 is 19.0 Å². The van der Waals surface area contributed by atoms with E-state index >= 15 is 0 Å². The highest BCUT2D eigenvalue weighted by molar-refractivity contribution is 6.74. The summed E-state index contributed by atoms with van der Waals surface area (Å²) >= 11 is 0. The molecule has 25 heavy (non-hydrogen) atoms. The first-order chi connectivity index (χ1) is 11.5. The Labute approximate surface area is 155 Å². The summed E-state index contributed by atoms with van der Waals surface area (Å²) < 4.78 is 18.4. The van der Waals surface area contributed by atoms with Crippen LogP contribution in [0.4, 0.5) is 0 Å². The summed E-state index contributed by atoms with van der Waals surface area (Å²) in [5.41, 5.74) is 0. The summed E-state index contributed by atoms with van der Waals surface area (Å²) in [5.74, 6) is 0.0322. The van der Waals surface area contributed by atoms with Crippen molar-refractivity contribution in [1.29, 1.82) is 0 Å². The van der Waals surface area contributed by atoms with Crippen LogP contribution in [0, 0.1) is 5.92 Å². The molecular formula is C20H40O4Si. The van der Waals surface area contributed by atoms with E-state index in [-0.39, 0.29) is 11.1 Å². The van der Waals surface area contributed by atoms with Crippen molar-refractivity contribution in [3.8, 4) is 0 Å². The Morgan fingerprint density at radius 2 is 1.84 bits per heavy atom. The fourth-order valence-corrected chi connectivity index (χ4v) is 4.60. The first-order valence-corrected chi connectivity index (χ1v) is 13.1. The van der Waals surface area contributed by atoms with Gasteiger partial charge in [0.2, 0.25) is 0 Å². The van der Waals surface area contributed by atoms with Crippen LogP contribution in [-0.2, 0) is 13.9 Å². The fourth-order valence-electron chi connectivity index (χ4n) is 3.53. The maximum atomic E-state index is 10.6. The molecule has 148 valence electrons. The maximum Gasteiger partial charge on any atom is 0.191 e. The minimum atomic E-state index is -1.67. The van der Waals surface area contributed by atoms with Crippen LogP contribution in [0.2, 0.25) is 18.1 Å². The van der Waals surface area contributed by atoms with E-state index in [9.17, 15) is 5.11 Å². The maximum absolute atomic E-state index is 10.6. The van der Waals surface area contributed by atoms with Gasteiger partial charge in [-0.3, -0.25) is 0 Å². The molecule has 0 bridgehead atoms. The van der Waals surface area contributed by atoms with E-state index in [1.807, 2.05) is 0 Å². The highest BCUT2D eigenvalue weighted by Gasteiger charge is 2.44. The standard InChI is InChI=1S/C20H40O4Si/c1-16(10-13-23-25(5,6)19(2,3)4)14-17(21)18-15-22-20(24-18)11-8-7-9-12-20/h16-18,21H,7-15H2,1-6H3/t16-,17+,18+/m0/s1. The zero-order valence-corrected chi connectivity index (χ0v) is 18.3. The summed E-state index contributed by atoms with van der Waals surface area (Å²) in [6.45, 7) is 14.9. The minimum Gasteiger partial charge on any atom is -0.417 e.